The number of halogens is 3. The zero-order valence-electron chi connectivity index (χ0n) is 19.9. The Morgan fingerprint density at radius 1 is 1.20 bits per heavy atom. The lowest BCUT2D eigenvalue weighted by atomic mass is 9.95. The van der Waals surface area contributed by atoms with E-state index >= 15 is 0 Å². The van der Waals surface area contributed by atoms with Crippen LogP contribution in [0.15, 0.2) is 24.8 Å². The van der Waals surface area contributed by atoms with Crippen molar-refractivity contribution in [3.8, 4) is 22.0 Å². The largest absolute Gasteiger partial charge is 0.393 e. The van der Waals surface area contributed by atoms with Crippen molar-refractivity contribution in [3.05, 3.63) is 40.8 Å². The number of aryl methyl sites for hydroxylation is 1. The van der Waals surface area contributed by atoms with Crippen LogP contribution in [0.1, 0.15) is 48.6 Å². The van der Waals surface area contributed by atoms with Gasteiger partial charge in [0.25, 0.3) is 0 Å². The van der Waals surface area contributed by atoms with Gasteiger partial charge in [-0.15, -0.1) is 11.3 Å². The third kappa shape index (κ3) is 5.11. The van der Waals surface area contributed by atoms with Crippen molar-refractivity contribution in [1.29, 1.82) is 0 Å². The molecule has 1 aliphatic heterocycles. The molecule has 0 radical (unpaired) electrons. The van der Waals surface area contributed by atoms with Crippen LogP contribution in [0.5, 0.6) is 0 Å². The first-order chi connectivity index (χ1) is 16.7. The first-order valence-corrected chi connectivity index (χ1v) is 12.6. The molecule has 0 atom stereocenters. The normalized spacial score (nSPS) is 16.1. The average Bonchev–Trinajstić information content (AvgIpc) is 3.52. The van der Waals surface area contributed by atoms with Gasteiger partial charge in [0.1, 0.15) is 11.3 Å². The molecule has 0 spiro atoms. The number of rotatable bonds is 6. The number of hydrogen-bond donors (Lipinski definition) is 1. The molecule has 1 aliphatic rings. The summed E-state index contributed by atoms with van der Waals surface area (Å²) in [6.07, 6.45) is 1.50. The summed E-state index contributed by atoms with van der Waals surface area (Å²) < 4.78 is 42.4. The Morgan fingerprint density at radius 3 is 2.69 bits per heavy atom. The van der Waals surface area contributed by atoms with E-state index < -0.39 is 12.6 Å². The van der Waals surface area contributed by atoms with Crippen LogP contribution in [-0.2, 0) is 6.42 Å². The Morgan fingerprint density at radius 2 is 1.97 bits per heavy atom. The molecule has 0 saturated carbocycles. The molecule has 5 rings (SSSR count). The summed E-state index contributed by atoms with van der Waals surface area (Å²) in [5.41, 5.74) is 2.72. The third-order valence-corrected chi connectivity index (χ3v) is 7.61. The maximum absolute atomic E-state index is 13.6. The average molecular weight is 504 g/mol. The van der Waals surface area contributed by atoms with Gasteiger partial charge in [0, 0.05) is 34.9 Å². The van der Waals surface area contributed by atoms with Gasteiger partial charge in [0.2, 0.25) is 0 Å². The molecule has 0 bridgehead atoms. The van der Waals surface area contributed by atoms with Gasteiger partial charge in [-0.25, -0.2) is 14.5 Å². The van der Waals surface area contributed by atoms with Crippen LogP contribution in [0.3, 0.4) is 0 Å². The number of pyridine rings is 1. The van der Waals surface area contributed by atoms with Gasteiger partial charge in [-0.3, -0.25) is 5.10 Å². The Kier molecular flexibility index (Phi) is 6.39. The maximum Gasteiger partial charge on any atom is 0.393 e. The molecule has 0 aromatic carbocycles. The molecular weight excluding hydrogens is 475 g/mol. The number of likely N-dealkylation sites (tertiary alicyclic amines) is 1. The fraction of sp³-hybridized carbons (Fsp3) is 0.500. The lowest BCUT2D eigenvalue weighted by Gasteiger charge is -2.32. The van der Waals surface area contributed by atoms with Crippen molar-refractivity contribution in [3.63, 3.8) is 0 Å². The van der Waals surface area contributed by atoms with Gasteiger partial charge in [0.05, 0.1) is 17.8 Å². The van der Waals surface area contributed by atoms with Crippen LogP contribution in [0.4, 0.5) is 13.2 Å². The van der Waals surface area contributed by atoms with Gasteiger partial charge in [-0.05, 0) is 56.3 Å². The van der Waals surface area contributed by atoms with E-state index in [-0.39, 0.29) is 11.3 Å². The molecule has 11 heteroatoms. The second kappa shape index (κ2) is 9.34. The number of alkyl halides is 3. The van der Waals surface area contributed by atoms with E-state index in [0.29, 0.717) is 33.7 Å². The van der Waals surface area contributed by atoms with Crippen LogP contribution in [-0.4, -0.2) is 60.5 Å². The summed E-state index contributed by atoms with van der Waals surface area (Å²) in [5, 5.41) is 11.9. The van der Waals surface area contributed by atoms with E-state index in [0.717, 1.165) is 42.9 Å². The molecule has 4 aromatic heterocycles. The lowest BCUT2D eigenvalue weighted by molar-refractivity contribution is -0.127. The van der Waals surface area contributed by atoms with E-state index in [1.165, 1.54) is 17.7 Å². The predicted octanol–water partition coefficient (Wildman–Crippen LogP) is 5.49. The van der Waals surface area contributed by atoms with Crippen molar-refractivity contribution in [1.82, 2.24) is 34.7 Å². The molecule has 7 nitrogen and oxygen atoms in total. The number of H-pyrrole nitrogens is 1. The fourth-order valence-corrected chi connectivity index (χ4v) is 5.99. The molecular formula is C24H28F3N7S. The van der Waals surface area contributed by atoms with Crippen molar-refractivity contribution in [2.75, 3.05) is 19.6 Å². The van der Waals surface area contributed by atoms with Crippen LogP contribution >= 0.6 is 11.3 Å². The monoisotopic (exact) mass is 503 g/mol. The number of hydrogen-bond acceptors (Lipinski definition) is 6. The van der Waals surface area contributed by atoms with Crippen molar-refractivity contribution in [2.45, 2.75) is 52.1 Å². The highest BCUT2D eigenvalue weighted by Gasteiger charge is 2.33. The standard InChI is InChI=1S/C24H28F3N7S/c1-14(2)11-33-6-4-16(5-7-33)19-10-28-23(35-19)21-18(9-24(25,26)27)20(31-32-21)17-8-15(3)22-29-13-30-34(22)12-17/h8,10,12-14,16H,4-7,9,11H2,1-3H3,(H,31,32). The minimum Gasteiger partial charge on any atom is -0.303 e. The quantitative estimate of drug-likeness (QED) is 0.377. The molecule has 0 aliphatic carbocycles. The van der Waals surface area contributed by atoms with E-state index in [4.69, 9.17) is 0 Å². The second-order valence-corrected chi connectivity index (χ2v) is 10.8. The number of fused-ring (bicyclic) bond motifs is 1. The summed E-state index contributed by atoms with van der Waals surface area (Å²) in [5.74, 6) is 1.02. The molecule has 35 heavy (non-hydrogen) atoms. The molecule has 1 fully saturated rings. The number of aromatic nitrogens is 6. The minimum absolute atomic E-state index is 0.101. The Hall–Kier alpha value is -2.79. The first-order valence-electron chi connectivity index (χ1n) is 11.8. The van der Waals surface area contributed by atoms with Gasteiger partial charge in [-0.1, -0.05) is 13.8 Å². The number of thiazole rings is 1. The highest BCUT2D eigenvalue weighted by molar-refractivity contribution is 7.15. The smallest absolute Gasteiger partial charge is 0.303 e. The summed E-state index contributed by atoms with van der Waals surface area (Å²) >= 11 is 1.47. The van der Waals surface area contributed by atoms with E-state index in [1.54, 1.807) is 16.8 Å². The molecule has 5 heterocycles. The number of nitrogens with one attached hydrogen (secondary N) is 1. The highest BCUT2D eigenvalue weighted by Crippen LogP contribution is 2.39. The topological polar surface area (TPSA) is 75.0 Å². The SMILES string of the molecule is Cc1cc(-c2n[nH]c(-c3ncc(C4CCN(CC(C)C)CC4)s3)c2CC(F)(F)F)cn2ncnc12. The zero-order valence-corrected chi connectivity index (χ0v) is 20.7. The van der Waals surface area contributed by atoms with Crippen LogP contribution in [0.25, 0.3) is 27.6 Å². The zero-order chi connectivity index (χ0) is 24.7. The first kappa shape index (κ1) is 23.9. The van der Waals surface area contributed by atoms with Gasteiger partial charge in [0.15, 0.2) is 5.65 Å². The predicted molar refractivity (Wildman–Crippen MR) is 129 cm³/mol. The van der Waals surface area contributed by atoms with Crippen molar-refractivity contribution in [2.24, 2.45) is 5.92 Å². The summed E-state index contributed by atoms with van der Waals surface area (Å²) in [6, 6.07) is 1.79. The van der Waals surface area contributed by atoms with Crippen LogP contribution in [0, 0.1) is 12.8 Å². The van der Waals surface area contributed by atoms with Crippen molar-refractivity contribution >= 4 is 17.0 Å². The molecule has 0 amide bonds. The van der Waals surface area contributed by atoms with Crippen molar-refractivity contribution < 1.29 is 13.2 Å². The number of aromatic amines is 1. The summed E-state index contributed by atoms with van der Waals surface area (Å²) in [4.78, 5) is 12.3. The molecule has 4 aromatic rings. The number of piperidine rings is 1. The molecule has 0 unspecified atom stereocenters. The Labute approximate surface area is 205 Å². The maximum atomic E-state index is 13.6. The minimum atomic E-state index is -4.39. The van der Waals surface area contributed by atoms with E-state index in [9.17, 15) is 13.2 Å². The van der Waals surface area contributed by atoms with Gasteiger partial charge >= 0.3 is 6.18 Å². The van der Waals surface area contributed by atoms with E-state index in [2.05, 4.69) is 44.0 Å². The number of nitrogens with zero attached hydrogens (tertiary/aromatic N) is 6. The molecule has 1 N–H and O–H groups in total. The summed E-state index contributed by atoms with van der Waals surface area (Å²) in [6.45, 7) is 9.47. The lowest BCUT2D eigenvalue weighted by Crippen LogP contribution is -2.35. The van der Waals surface area contributed by atoms with Gasteiger partial charge < -0.3 is 4.90 Å². The van der Waals surface area contributed by atoms with Gasteiger partial charge in [-0.2, -0.15) is 23.4 Å². The van der Waals surface area contributed by atoms with Crippen LogP contribution < -0.4 is 0 Å². The third-order valence-electron chi connectivity index (χ3n) is 6.43. The fourth-order valence-electron chi connectivity index (χ4n) is 4.88. The summed E-state index contributed by atoms with van der Waals surface area (Å²) in [7, 11) is 0. The Bertz CT molecular complexity index is 1310. The van der Waals surface area contributed by atoms with Crippen LogP contribution in [0.2, 0.25) is 0 Å². The molecule has 1 saturated heterocycles. The second-order valence-electron chi connectivity index (χ2n) is 9.69. The Balaban J connectivity index is 1.46. The van der Waals surface area contributed by atoms with E-state index in [1.807, 2.05) is 13.1 Å². The molecule has 186 valence electrons. The highest BCUT2D eigenvalue weighted by atomic mass is 32.1.